The van der Waals surface area contributed by atoms with Crippen molar-refractivity contribution in [2.75, 3.05) is 6.54 Å². The molecule has 1 N–H and O–H groups in total. The molecule has 0 aromatic rings. The topological polar surface area (TPSA) is 12.0 Å². The van der Waals surface area contributed by atoms with Gasteiger partial charge in [0.2, 0.25) is 0 Å². The van der Waals surface area contributed by atoms with Gasteiger partial charge in [-0.1, -0.05) is 0 Å². The molecule has 0 saturated carbocycles. The van der Waals surface area contributed by atoms with Crippen molar-refractivity contribution < 1.29 is 0 Å². The number of hydrogen-bond donors (Lipinski definition) is 1. The fourth-order valence-electron chi connectivity index (χ4n) is 0.433. The van der Waals surface area contributed by atoms with E-state index in [1.54, 1.807) is 0 Å². The molecule has 0 bridgehead atoms. The van der Waals surface area contributed by atoms with Gasteiger partial charge in [-0.05, 0) is 0 Å². The summed E-state index contributed by atoms with van der Waals surface area (Å²) in [5.41, 5.74) is 0. The van der Waals surface area contributed by atoms with Gasteiger partial charge in [0.1, 0.15) is 0 Å². The zero-order chi connectivity index (χ0) is 5.70. The molecule has 0 aromatic heterocycles. The van der Waals surface area contributed by atoms with Crippen LogP contribution in [0, 0.1) is 0 Å². The maximum atomic E-state index is 3.44. The molecule has 0 aliphatic rings. The van der Waals surface area contributed by atoms with Crippen molar-refractivity contribution >= 4 is 15.7 Å². The van der Waals surface area contributed by atoms with Gasteiger partial charge in [-0.2, -0.15) is 0 Å². The van der Waals surface area contributed by atoms with Gasteiger partial charge in [0.25, 0.3) is 0 Å². The van der Waals surface area contributed by atoms with E-state index >= 15 is 0 Å². The minimum absolute atomic E-state index is 0.273. The van der Waals surface area contributed by atoms with Crippen LogP contribution in [0.2, 0.25) is 4.75 Å². The normalized spacial score (nSPS) is 12.0. The van der Waals surface area contributed by atoms with Crippen LogP contribution in [0.5, 0.6) is 0 Å². The maximum absolute atomic E-state index is 3.44. The second kappa shape index (κ2) is 4.66. The number of hydrogen-bond acceptors (Lipinski definition) is 1. The molecule has 0 saturated heterocycles. The molecule has 0 amide bonds. The second-order valence-electron chi connectivity index (χ2n) is 2.20. The van der Waals surface area contributed by atoms with Crippen LogP contribution in [-0.4, -0.2) is 22.2 Å². The minimum atomic E-state index is -0.273. The molecule has 0 rings (SSSR count). The third kappa shape index (κ3) is 6.50. The van der Waals surface area contributed by atoms with E-state index in [1.807, 2.05) is 0 Å². The van der Waals surface area contributed by atoms with Gasteiger partial charge in [-0.15, -0.1) is 0 Å². The van der Waals surface area contributed by atoms with Crippen molar-refractivity contribution in [2.45, 2.75) is 25.5 Å². The molecule has 0 atom stereocenters. The molecule has 0 radical (unpaired) electrons. The average Bonchev–Trinajstić information content (AvgIpc) is 1.61. The number of nitrogens with one attached hydrogen (secondary N) is 1. The first-order chi connectivity index (χ1) is 3.27. The Balaban J connectivity index is 2.68. The standard InChI is InChI=1S/C5H15GeN/c1-4-7-6-5(2)3/h5,7H,4,6H2,1-3H3. The van der Waals surface area contributed by atoms with Crippen LogP contribution >= 0.6 is 0 Å². The molecule has 1 nitrogen and oxygen atoms in total. The second-order valence-corrected chi connectivity index (χ2v) is 7.53. The van der Waals surface area contributed by atoms with Crippen LogP contribution in [0.3, 0.4) is 0 Å². The van der Waals surface area contributed by atoms with E-state index in [0.29, 0.717) is 0 Å². The molecule has 7 heavy (non-hydrogen) atoms. The van der Waals surface area contributed by atoms with Crippen molar-refractivity contribution in [3.8, 4) is 0 Å². The van der Waals surface area contributed by atoms with E-state index < -0.39 is 0 Å². The van der Waals surface area contributed by atoms with Gasteiger partial charge < -0.3 is 0 Å². The summed E-state index contributed by atoms with van der Waals surface area (Å²) in [5.74, 6) is 0. The first-order valence-electron chi connectivity index (χ1n) is 2.98. The third-order valence-electron chi connectivity index (χ3n) is 0.803. The van der Waals surface area contributed by atoms with E-state index in [-0.39, 0.29) is 15.7 Å². The van der Waals surface area contributed by atoms with Crippen LogP contribution in [-0.2, 0) is 0 Å². The summed E-state index contributed by atoms with van der Waals surface area (Å²) in [6.07, 6.45) is 0. The van der Waals surface area contributed by atoms with Crippen molar-refractivity contribution in [1.29, 1.82) is 0 Å². The Morgan fingerprint density at radius 1 is 1.57 bits per heavy atom. The molecule has 0 fully saturated rings. The molecule has 0 aromatic carbocycles. The summed E-state index contributed by atoms with van der Waals surface area (Å²) in [6, 6.07) is 0. The van der Waals surface area contributed by atoms with Gasteiger partial charge in [-0.3, -0.25) is 0 Å². The van der Waals surface area contributed by atoms with Crippen molar-refractivity contribution in [3.05, 3.63) is 0 Å². The molecule has 0 aliphatic carbocycles. The SMILES string of the molecule is CC[NH][GeH2][CH](C)C. The fourth-order valence-corrected chi connectivity index (χ4v) is 2.25. The van der Waals surface area contributed by atoms with Crippen LogP contribution in [0.25, 0.3) is 0 Å². The molecule has 44 valence electrons. The summed E-state index contributed by atoms with van der Waals surface area (Å²) in [5, 5.41) is 0. The van der Waals surface area contributed by atoms with E-state index in [0.717, 1.165) is 4.75 Å². The van der Waals surface area contributed by atoms with Gasteiger partial charge in [0.05, 0.1) is 0 Å². The molecule has 0 heterocycles. The van der Waals surface area contributed by atoms with Crippen LogP contribution in [0.1, 0.15) is 20.8 Å². The van der Waals surface area contributed by atoms with Crippen molar-refractivity contribution in [3.63, 3.8) is 0 Å². The summed E-state index contributed by atoms with van der Waals surface area (Å²) >= 11 is -0.273. The summed E-state index contributed by atoms with van der Waals surface area (Å²) in [4.78, 5) is 0. The van der Waals surface area contributed by atoms with Crippen LogP contribution in [0.4, 0.5) is 0 Å². The van der Waals surface area contributed by atoms with Crippen molar-refractivity contribution in [1.82, 2.24) is 4.27 Å². The molecular weight excluding hydrogens is 147 g/mol. The first kappa shape index (κ1) is 7.50. The van der Waals surface area contributed by atoms with Crippen LogP contribution < -0.4 is 4.27 Å². The molecule has 0 aliphatic heterocycles. The number of rotatable bonds is 3. The van der Waals surface area contributed by atoms with Crippen molar-refractivity contribution in [2.24, 2.45) is 0 Å². The Morgan fingerprint density at radius 2 is 2.14 bits per heavy atom. The molecule has 0 spiro atoms. The Hall–Kier alpha value is 0.503. The Labute approximate surface area is 52.6 Å². The Bertz CT molecular complexity index is 37.1. The summed E-state index contributed by atoms with van der Waals surface area (Å²) < 4.78 is 4.41. The van der Waals surface area contributed by atoms with Crippen LogP contribution in [0.15, 0.2) is 0 Å². The zero-order valence-electron chi connectivity index (χ0n) is 5.49. The summed E-state index contributed by atoms with van der Waals surface area (Å²) in [7, 11) is 0. The quantitative estimate of drug-likeness (QED) is 0.595. The van der Waals surface area contributed by atoms with E-state index in [2.05, 4.69) is 25.0 Å². The fraction of sp³-hybridized carbons (Fsp3) is 1.00. The van der Waals surface area contributed by atoms with Gasteiger partial charge in [0.15, 0.2) is 0 Å². The monoisotopic (exact) mass is 163 g/mol. The Kier molecular flexibility index (Phi) is 4.99. The molecule has 0 unspecified atom stereocenters. The Morgan fingerprint density at radius 3 is 2.29 bits per heavy atom. The van der Waals surface area contributed by atoms with Gasteiger partial charge in [-0.25, -0.2) is 0 Å². The zero-order valence-corrected chi connectivity index (χ0v) is 8.46. The third-order valence-corrected chi connectivity index (χ3v) is 4.17. The van der Waals surface area contributed by atoms with E-state index in [4.69, 9.17) is 0 Å². The first-order valence-corrected chi connectivity index (χ1v) is 6.17. The van der Waals surface area contributed by atoms with E-state index in [1.165, 1.54) is 6.54 Å². The van der Waals surface area contributed by atoms with Gasteiger partial charge in [0, 0.05) is 0 Å². The molecular formula is C5H15GeN. The average molecular weight is 162 g/mol. The van der Waals surface area contributed by atoms with E-state index in [9.17, 15) is 0 Å². The predicted octanol–water partition coefficient (Wildman–Crippen LogP) is 0.508. The molecule has 2 heteroatoms. The van der Waals surface area contributed by atoms with Gasteiger partial charge >= 0.3 is 52.0 Å². The summed E-state index contributed by atoms with van der Waals surface area (Å²) in [6.45, 7) is 7.94. The predicted molar refractivity (Wildman–Crippen MR) is 37.3 cm³/mol.